The van der Waals surface area contributed by atoms with Crippen LogP contribution in [-0.2, 0) is 11.2 Å². The summed E-state index contributed by atoms with van der Waals surface area (Å²) in [5.74, 6) is 1.37. The molecule has 1 saturated heterocycles. The van der Waals surface area contributed by atoms with E-state index in [2.05, 4.69) is 12.2 Å². The number of aryl methyl sites for hydroxylation is 1. The molecule has 1 unspecified atom stereocenters. The molecule has 1 fully saturated rings. The second-order valence-corrected chi connectivity index (χ2v) is 4.79. The molecule has 19 heavy (non-hydrogen) atoms. The highest BCUT2D eigenvalue weighted by Gasteiger charge is 2.26. The predicted molar refractivity (Wildman–Crippen MR) is 75.5 cm³/mol. The van der Waals surface area contributed by atoms with E-state index in [1.807, 2.05) is 6.07 Å². The summed E-state index contributed by atoms with van der Waals surface area (Å²) in [5, 5.41) is 4.02. The molecule has 2 rings (SSSR count). The summed E-state index contributed by atoms with van der Waals surface area (Å²) >= 11 is 6.51. The molecule has 0 radical (unpaired) electrons. The number of hydrogen-bond donors (Lipinski definition) is 1. The molecular formula is C14H20ClNO3. The molecule has 0 aliphatic carbocycles. The summed E-state index contributed by atoms with van der Waals surface area (Å²) in [5.41, 5.74) is 1.93. The summed E-state index contributed by atoms with van der Waals surface area (Å²) in [4.78, 5) is 0. The maximum Gasteiger partial charge on any atom is 0.168 e. The molecule has 0 amide bonds. The Morgan fingerprint density at radius 1 is 1.42 bits per heavy atom. The normalized spacial score (nSPS) is 19.3. The van der Waals surface area contributed by atoms with E-state index in [-0.39, 0.29) is 6.10 Å². The van der Waals surface area contributed by atoms with Gasteiger partial charge in [-0.15, -0.1) is 0 Å². The van der Waals surface area contributed by atoms with Crippen LogP contribution >= 0.6 is 11.6 Å². The highest BCUT2D eigenvalue weighted by atomic mass is 35.5. The average Bonchev–Trinajstić information content (AvgIpc) is 2.47. The lowest BCUT2D eigenvalue weighted by Crippen LogP contribution is -2.33. The summed E-state index contributed by atoms with van der Waals surface area (Å²) in [6.45, 7) is 4.33. The number of methoxy groups -OCH3 is 2. The molecule has 1 aromatic carbocycles. The Bertz CT molecular complexity index is 445. The summed E-state index contributed by atoms with van der Waals surface area (Å²) in [6, 6.07) is 1.93. The molecule has 1 heterocycles. The molecule has 1 aliphatic rings. The number of benzene rings is 1. The SMILES string of the molecule is CCc1cc(OC)c(OC)c(C2CNCCO2)c1Cl. The van der Waals surface area contributed by atoms with Crippen molar-refractivity contribution in [2.45, 2.75) is 19.4 Å². The van der Waals surface area contributed by atoms with Gasteiger partial charge in [-0.1, -0.05) is 18.5 Å². The first-order valence-corrected chi connectivity index (χ1v) is 6.86. The van der Waals surface area contributed by atoms with Crippen LogP contribution in [0.1, 0.15) is 24.2 Å². The van der Waals surface area contributed by atoms with E-state index in [1.54, 1.807) is 14.2 Å². The van der Waals surface area contributed by atoms with Crippen molar-refractivity contribution in [2.75, 3.05) is 33.9 Å². The molecule has 5 heteroatoms. The quantitative estimate of drug-likeness (QED) is 0.923. The van der Waals surface area contributed by atoms with Crippen LogP contribution in [0.25, 0.3) is 0 Å². The minimum atomic E-state index is -0.100. The van der Waals surface area contributed by atoms with Gasteiger partial charge >= 0.3 is 0 Å². The lowest BCUT2D eigenvalue weighted by atomic mass is 10.0. The summed E-state index contributed by atoms with van der Waals surface area (Å²) in [6.07, 6.45) is 0.739. The Labute approximate surface area is 119 Å². The Morgan fingerprint density at radius 2 is 2.21 bits per heavy atom. The first kappa shape index (κ1) is 14.4. The third-order valence-corrected chi connectivity index (χ3v) is 3.79. The van der Waals surface area contributed by atoms with Crippen molar-refractivity contribution in [3.8, 4) is 11.5 Å². The van der Waals surface area contributed by atoms with Crippen LogP contribution in [0.2, 0.25) is 5.02 Å². The predicted octanol–water partition coefficient (Wildman–Crippen LogP) is 2.58. The maximum absolute atomic E-state index is 6.51. The Kier molecular flexibility index (Phi) is 4.91. The Balaban J connectivity index is 2.53. The fourth-order valence-corrected chi connectivity index (χ4v) is 2.75. The van der Waals surface area contributed by atoms with Crippen molar-refractivity contribution in [3.63, 3.8) is 0 Å². The molecule has 1 N–H and O–H groups in total. The summed E-state index contributed by atoms with van der Waals surface area (Å²) < 4.78 is 16.7. The molecule has 4 nitrogen and oxygen atoms in total. The van der Waals surface area contributed by atoms with Gasteiger partial charge in [0.1, 0.15) is 6.10 Å². The maximum atomic E-state index is 6.51. The van der Waals surface area contributed by atoms with E-state index in [0.29, 0.717) is 23.1 Å². The standard InChI is InChI=1S/C14H20ClNO3/c1-4-9-7-10(17-2)14(18-3)12(13(9)15)11-8-16-5-6-19-11/h7,11,16H,4-6,8H2,1-3H3. The van der Waals surface area contributed by atoms with Gasteiger partial charge in [-0.25, -0.2) is 0 Å². The first-order valence-electron chi connectivity index (χ1n) is 6.48. The third-order valence-electron chi connectivity index (χ3n) is 3.35. The third kappa shape index (κ3) is 2.81. The number of hydrogen-bond acceptors (Lipinski definition) is 4. The lowest BCUT2D eigenvalue weighted by Gasteiger charge is -2.27. The molecule has 0 spiro atoms. The first-order chi connectivity index (χ1) is 9.22. The molecule has 1 aliphatic heterocycles. The van der Waals surface area contributed by atoms with Crippen LogP contribution in [0.5, 0.6) is 11.5 Å². The van der Waals surface area contributed by atoms with Crippen LogP contribution in [0, 0.1) is 0 Å². The number of halogens is 1. The van der Waals surface area contributed by atoms with Gasteiger partial charge in [-0.3, -0.25) is 0 Å². The highest BCUT2D eigenvalue weighted by molar-refractivity contribution is 6.32. The lowest BCUT2D eigenvalue weighted by molar-refractivity contribution is 0.0261. The number of morpholine rings is 1. The van der Waals surface area contributed by atoms with Gasteiger partial charge in [-0.05, 0) is 18.1 Å². The zero-order valence-corrected chi connectivity index (χ0v) is 12.3. The van der Waals surface area contributed by atoms with Crippen molar-refractivity contribution < 1.29 is 14.2 Å². The zero-order chi connectivity index (χ0) is 13.8. The van der Waals surface area contributed by atoms with Gasteiger partial charge in [0.15, 0.2) is 11.5 Å². The molecule has 106 valence electrons. The van der Waals surface area contributed by atoms with Crippen LogP contribution in [-0.4, -0.2) is 33.9 Å². The smallest absolute Gasteiger partial charge is 0.168 e. The van der Waals surface area contributed by atoms with E-state index < -0.39 is 0 Å². The number of ether oxygens (including phenoxy) is 3. The van der Waals surface area contributed by atoms with E-state index in [0.717, 1.165) is 30.6 Å². The van der Waals surface area contributed by atoms with E-state index >= 15 is 0 Å². The molecule has 0 aromatic heterocycles. The molecule has 0 saturated carbocycles. The Morgan fingerprint density at radius 3 is 2.74 bits per heavy atom. The minimum absolute atomic E-state index is 0.100. The van der Waals surface area contributed by atoms with Crippen molar-refractivity contribution >= 4 is 11.6 Å². The Hall–Kier alpha value is -0.970. The van der Waals surface area contributed by atoms with Crippen LogP contribution < -0.4 is 14.8 Å². The van der Waals surface area contributed by atoms with Gasteiger partial charge in [0.2, 0.25) is 0 Å². The highest BCUT2D eigenvalue weighted by Crippen LogP contribution is 2.43. The van der Waals surface area contributed by atoms with Gasteiger partial charge in [0.05, 0.1) is 25.8 Å². The van der Waals surface area contributed by atoms with E-state index in [1.165, 1.54) is 0 Å². The van der Waals surface area contributed by atoms with Gasteiger partial charge in [0.25, 0.3) is 0 Å². The molecule has 1 aromatic rings. The van der Waals surface area contributed by atoms with Crippen molar-refractivity contribution in [1.29, 1.82) is 0 Å². The number of nitrogens with one attached hydrogen (secondary N) is 1. The average molecular weight is 286 g/mol. The second kappa shape index (κ2) is 6.46. The summed E-state index contributed by atoms with van der Waals surface area (Å²) in [7, 11) is 3.26. The van der Waals surface area contributed by atoms with Crippen molar-refractivity contribution in [1.82, 2.24) is 5.32 Å². The topological polar surface area (TPSA) is 39.7 Å². The van der Waals surface area contributed by atoms with Crippen molar-refractivity contribution in [2.24, 2.45) is 0 Å². The van der Waals surface area contributed by atoms with Crippen LogP contribution in [0.3, 0.4) is 0 Å². The monoisotopic (exact) mass is 285 g/mol. The van der Waals surface area contributed by atoms with E-state index in [4.69, 9.17) is 25.8 Å². The van der Waals surface area contributed by atoms with Crippen LogP contribution in [0.4, 0.5) is 0 Å². The van der Waals surface area contributed by atoms with Gasteiger partial charge < -0.3 is 19.5 Å². The number of rotatable bonds is 4. The van der Waals surface area contributed by atoms with Gasteiger partial charge in [-0.2, -0.15) is 0 Å². The largest absolute Gasteiger partial charge is 0.493 e. The van der Waals surface area contributed by atoms with Gasteiger partial charge in [0, 0.05) is 18.7 Å². The second-order valence-electron chi connectivity index (χ2n) is 4.42. The molecular weight excluding hydrogens is 266 g/mol. The van der Waals surface area contributed by atoms with E-state index in [9.17, 15) is 0 Å². The zero-order valence-electron chi connectivity index (χ0n) is 11.6. The molecule has 1 atom stereocenters. The fraction of sp³-hybridized carbons (Fsp3) is 0.571. The fourth-order valence-electron chi connectivity index (χ4n) is 2.35. The van der Waals surface area contributed by atoms with Crippen molar-refractivity contribution in [3.05, 3.63) is 22.2 Å². The molecule has 0 bridgehead atoms. The minimum Gasteiger partial charge on any atom is -0.493 e. The van der Waals surface area contributed by atoms with Crippen LogP contribution in [0.15, 0.2) is 6.07 Å².